The molecule has 0 spiro atoms. The molecule has 2 aromatic carbocycles. The van der Waals surface area contributed by atoms with Crippen LogP contribution in [0.1, 0.15) is 29.3 Å². The quantitative estimate of drug-likeness (QED) is 0.604. The standard InChI is InChI=1S/C20H15F4N3O2/c21-16-7-1-12(2-8-16)10-27-11-14(9-17(27)28)18-25-19(29-26-18)13-3-5-15(6-4-13)20(22,23)24/h1-8,14H,9-11H2. The predicted molar refractivity (Wildman–Crippen MR) is 93.9 cm³/mol. The third-order valence-corrected chi connectivity index (χ3v) is 4.77. The van der Waals surface area contributed by atoms with Crippen molar-refractivity contribution in [3.8, 4) is 11.5 Å². The van der Waals surface area contributed by atoms with Crippen LogP contribution >= 0.6 is 0 Å². The van der Waals surface area contributed by atoms with E-state index in [0.29, 0.717) is 24.5 Å². The highest BCUT2D eigenvalue weighted by molar-refractivity contribution is 5.79. The number of aromatic nitrogens is 2. The number of alkyl halides is 3. The third-order valence-electron chi connectivity index (χ3n) is 4.77. The molecule has 1 fully saturated rings. The smallest absolute Gasteiger partial charge is 0.338 e. The van der Waals surface area contributed by atoms with Gasteiger partial charge in [0.15, 0.2) is 5.82 Å². The van der Waals surface area contributed by atoms with Crippen molar-refractivity contribution in [1.82, 2.24) is 15.0 Å². The summed E-state index contributed by atoms with van der Waals surface area (Å²) < 4.78 is 56.2. The maximum absolute atomic E-state index is 13.0. The Kier molecular flexibility index (Phi) is 4.81. The normalized spacial score (nSPS) is 17.2. The van der Waals surface area contributed by atoms with Gasteiger partial charge in [-0.25, -0.2) is 4.39 Å². The fourth-order valence-corrected chi connectivity index (χ4v) is 3.23. The number of hydrogen-bond donors (Lipinski definition) is 0. The lowest BCUT2D eigenvalue weighted by Crippen LogP contribution is -2.24. The first kappa shape index (κ1) is 19.1. The topological polar surface area (TPSA) is 59.2 Å². The molecule has 2 heterocycles. The predicted octanol–water partition coefficient (Wildman–Crippen LogP) is 4.41. The molecule has 0 radical (unpaired) electrons. The zero-order valence-corrected chi connectivity index (χ0v) is 15.0. The van der Waals surface area contributed by atoms with Crippen molar-refractivity contribution in [2.24, 2.45) is 0 Å². The van der Waals surface area contributed by atoms with Crippen molar-refractivity contribution >= 4 is 5.91 Å². The summed E-state index contributed by atoms with van der Waals surface area (Å²) in [5.74, 6) is -0.287. The Hall–Kier alpha value is -3.23. The van der Waals surface area contributed by atoms with Crippen LogP contribution in [0.15, 0.2) is 53.1 Å². The second-order valence-electron chi connectivity index (χ2n) is 6.83. The van der Waals surface area contributed by atoms with E-state index in [1.165, 1.54) is 24.3 Å². The number of carbonyl (C=O) groups excluding carboxylic acids is 1. The first-order valence-electron chi connectivity index (χ1n) is 8.83. The van der Waals surface area contributed by atoms with Crippen molar-refractivity contribution in [2.45, 2.75) is 25.1 Å². The van der Waals surface area contributed by atoms with E-state index in [2.05, 4.69) is 10.1 Å². The van der Waals surface area contributed by atoms with Gasteiger partial charge in [-0.1, -0.05) is 17.3 Å². The summed E-state index contributed by atoms with van der Waals surface area (Å²) in [4.78, 5) is 18.2. The lowest BCUT2D eigenvalue weighted by molar-refractivity contribution is -0.137. The number of halogens is 4. The van der Waals surface area contributed by atoms with Crippen molar-refractivity contribution in [3.05, 3.63) is 71.3 Å². The van der Waals surface area contributed by atoms with E-state index in [1.54, 1.807) is 17.0 Å². The zero-order chi connectivity index (χ0) is 20.6. The largest absolute Gasteiger partial charge is 0.416 e. The maximum Gasteiger partial charge on any atom is 0.416 e. The first-order chi connectivity index (χ1) is 13.8. The number of benzene rings is 2. The summed E-state index contributed by atoms with van der Waals surface area (Å²) in [5.41, 5.74) is 0.405. The SMILES string of the molecule is O=C1CC(c2noc(-c3ccc(C(F)(F)F)cc3)n2)CN1Cc1ccc(F)cc1. The second-order valence-corrected chi connectivity index (χ2v) is 6.83. The monoisotopic (exact) mass is 405 g/mol. The molecule has 0 N–H and O–H groups in total. The van der Waals surface area contributed by atoms with Crippen LogP contribution in [-0.4, -0.2) is 27.5 Å². The molecule has 3 aromatic rings. The molecule has 1 unspecified atom stereocenters. The molecule has 29 heavy (non-hydrogen) atoms. The Morgan fingerprint density at radius 2 is 1.76 bits per heavy atom. The molecule has 1 atom stereocenters. The minimum atomic E-state index is -4.42. The van der Waals surface area contributed by atoms with Gasteiger partial charge < -0.3 is 9.42 Å². The molecule has 0 saturated carbocycles. The number of rotatable bonds is 4. The molecule has 5 nitrogen and oxygen atoms in total. The number of likely N-dealkylation sites (tertiary alicyclic amines) is 1. The van der Waals surface area contributed by atoms with Gasteiger partial charge in [0.25, 0.3) is 5.89 Å². The minimum Gasteiger partial charge on any atom is -0.338 e. The van der Waals surface area contributed by atoms with Crippen molar-refractivity contribution < 1.29 is 26.9 Å². The van der Waals surface area contributed by atoms with E-state index >= 15 is 0 Å². The van der Waals surface area contributed by atoms with Crippen LogP contribution in [0, 0.1) is 5.82 Å². The van der Waals surface area contributed by atoms with E-state index in [1.807, 2.05) is 0 Å². The molecule has 1 saturated heterocycles. The molecule has 1 aliphatic rings. The molecule has 150 valence electrons. The molecular formula is C20H15F4N3O2. The van der Waals surface area contributed by atoms with Crippen LogP contribution in [0.25, 0.3) is 11.5 Å². The van der Waals surface area contributed by atoms with Gasteiger partial charge in [0, 0.05) is 31.0 Å². The van der Waals surface area contributed by atoms with E-state index < -0.39 is 11.7 Å². The summed E-state index contributed by atoms with van der Waals surface area (Å²) in [6.45, 7) is 0.724. The number of hydrogen-bond acceptors (Lipinski definition) is 4. The Balaban J connectivity index is 1.45. The van der Waals surface area contributed by atoms with E-state index in [-0.39, 0.29) is 30.0 Å². The molecular weight excluding hydrogens is 390 g/mol. The van der Waals surface area contributed by atoms with Gasteiger partial charge in [0.2, 0.25) is 5.91 Å². The van der Waals surface area contributed by atoms with Crippen molar-refractivity contribution in [1.29, 1.82) is 0 Å². The summed E-state index contributed by atoms with van der Waals surface area (Å²) in [6.07, 6.45) is -4.22. The maximum atomic E-state index is 13.0. The highest BCUT2D eigenvalue weighted by Crippen LogP contribution is 2.32. The van der Waals surface area contributed by atoms with Crippen LogP contribution in [0.3, 0.4) is 0 Å². The molecule has 1 amide bonds. The van der Waals surface area contributed by atoms with Crippen LogP contribution in [0.4, 0.5) is 17.6 Å². The molecule has 0 aliphatic carbocycles. The first-order valence-corrected chi connectivity index (χ1v) is 8.83. The number of carbonyl (C=O) groups is 1. The Morgan fingerprint density at radius 3 is 2.41 bits per heavy atom. The highest BCUT2D eigenvalue weighted by atomic mass is 19.4. The summed E-state index contributed by atoms with van der Waals surface area (Å²) >= 11 is 0. The van der Waals surface area contributed by atoms with Crippen molar-refractivity contribution in [3.63, 3.8) is 0 Å². The fraction of sp³-hybridized carbons (Fsp3) is 0.250. The van der Waals surface area contributed by atoms with E-state index in [4.69, 9.17) is 4.52 Å². The molecule has 1 aliphatic heterocycles. The van der Waals surface area contributed by atoms with E-state index in [0.717, 1.165) is 17.7 Å². The second kappa shape index (κ2) is 7.31. The minimum absolute atomic E-state index is 0.0831. The molecule has 1 aromatic heterocycles. The van der Waals surface area contributed by atoms with Crippen LogP contribution < -0.4 is 0 Å². The number of nitrogens with zero attached hydrogens (tertiary/aromatic N) is 3. The van der Waals surface area contributed by atoms with Crippen molar-refractivity contribution in [2.75, 3.05) is 6.54 Å². The number of amides is 1. The summed E-state index contributed by atoms with van der Waals surface area (Å²) in [7, 11) is 0. The highest BCUT2D eigenvalue weighted by Gasteiger charge is 2.34. The molecule has 0 bridgehead atoms. The van der Waals surface area contributed by atoms with Gasteiger partial charge in [-0.05, 0) is 42.0 Å². The van der Waals surface area contributed by atoms with E-state index in [9.17, 15) is 22.4 Å². The lowest BCUT2D eigenvalue weighted by Gasteiger charge is -2.16. The van der Waals surface area contributed by atoms with Gasteiger partial charge in [0.1, 0.15) is 5.82 Å². The summed E-state index contributed by atoms with van der Waals surface area (Å²) in [5, 5.41) is 3.90. The van der Waals surface area contributed by atoms with Crippen LogP contribution in [0.5, 0.6) is 0 Å². The van der Waals surface area contributed by atoms with Gasteiger partial charge in [-0.2, -0.15) is 18.2 Å². The summed E-state index contributed by atoms with van der Waals surface area (Å²) in [6, 6.07) is 10.3. The van der Waals surface area contributed by atoms with Gasteiger partial charge in [-0.15, -0.1) is 0 Å². The van der Waals surface area contributed by atoms with Crippen LogP contribution in [-0.2, 0) is 17.5 Å². The van der Waals surface area contributed by atoms with Gasteiger partial charge in [-0.3, -0.25) is 4.79 Å². The van der Waals surface area contributed by atoms with Crippen LogP contribution in [0.2, 0.25) is 0 Å². The van der Waals surface area contributed by atoms with Gasteiger partial charge >= 0.3 is 6.18 Å². The fourth-order valence-electron chi connectivity index (χ4n) is 3.23. The molecule has 4 rings (SSSR count). The Morgan fingerprint density at radius 1 is 1.07 bits per heavy atom. The zero-order valence-electron chi connectivity index (χ0n) is 15.0. The Bertz CT molecular complexity index is 1010. The van der Waals surface area contributed by atoms with Gasteiger partial charge in [0.05, 0.1) is 5.56 Å². The average molecular weight is 405 g/mol. The third kappa shape index (κ3) is 4.13. The average Bonchev–Trinajstić information content (AvgIpc) is 3.30. The molecule has 9 heteroatoms. The Labute approximate surface area is 162 Å². The lowest BCUT2D eigenvalue weighted by atomic mass is 10.1.